The molecule has 0 radical (unpaired) electrons. The summed E-state index contributed by atoms with van der Waals surface area (Å²) in [7, 11) is -3.91. The van der Waals surface area contributed by atoms with E-state index in [0.29, 0.717) is 17.1 Å². The van der Waals surface area contributed by atoms with Crippen molar-refractivity contribution >= 4 is 33.0 Å². The van der Waals surface area contributed by atoms with Gasteiger partial charge in [-0.2, -0.15) is 4.37 Å². The summed E-state index contributed by atoms with van der Waals surface area (Å²) in [5.41, 5.74) is 1.69. The van der Waals surface area contributed by atoms with Gasteiger partial charge >= 0.3 is 0 Å². The minimum absolute atomic E-state index is 0.174. The number of pyridine rings is 1. The first kappa shape index (κ1) is 21.3. The van der Waals surface area contributed by atoms with Gasteiger partial charge in [0.15, 0.2) is 9.84 Å². The van der Waals surface area contributed by atoms with Crippen LogP contribution in [0.5, 0.6) is 0 Å². The van der Waals surface area contributed by atoms with E-state index < -0.39 is 26.3 Å². The van der Waals surface area contributed by atoms with E-state index in [-0.39, 0.29) is 11.1 Å². The standard InChI is InChI=1S/C20H20ClFN4O2S2/c21-16-9-19(30(27,28)12-20-24-13-25-29-20)17(22)8-15(16)11-26-7-2-1-5-18(26)14-4-3-6-23-10-14/h3-4,6,8-10,13,18H,1-2,5,7,11-12H2/t18-/m0/s1. The van der Waals surface area contributed by atoms with Gasteiger partial charge < -0.3 is 0 Å². The third-order valence-corrected chi connectivity index (χ3v) is 8.04. The fourth-order valence-corrected chi connectivity index (χ4v) is 6.26. The summed E-state index contributed by atoms with van der Waals surface area (Å²) in [4.78, 5) is 9.92. The molecule has 3 heterocycles. The molecule has 10 heteroatoms. The van der Waals surface area contributed by atoms with Crippen molar-refractivity contribution in [1.29, 1.82) is 0 Å². The zero-order valence-electron chi connectivity index (χ0n) is 16.0. The highest BCUT2D eigenvalue weighted by Crippen LogP contribution is 2.34. The van der Waals surface area contributed by atoms with Gasteiger partial charge in [-0.05, 0) is 60.2 Å². The van der Waals surface area contributed by atoms with Crippen LogP contribution in [0.1, 0.15) is 41.4 Å². The molecule has 30 heavy (non-hydrogen) atoms. The number of hydrogen-bond acceptors (Lipinski definition) is 7. The minimum atomic E-state index is -3.91. The van der Waals surface area contributed by atoms with Crippen LogP contribution in [0.15, 0.2) is 47.9 Å². The van der Waals surface area contributed by atoms with Crippen LogP contribution < -0.4 is 0 Å². The van der Waals surface area contributed by atoms with Crippen molar-refractivity contribution in [1.82, 2.24) is 19.2 Å². The average Bonchev–Trinajstić information content (AvgIpc) is 3.23. The quantitative estimate of drug-likeness (QED) is 0.535. The van der Waals surface area contributed by atoms with Crippen molar-refractivity contribution in [3.05, 3.63) is 70.0 Å². The molecule has 158 valence electrons. The lowest BCUT2D eigenvalue weighted by Gasteiger charge is -2.36. The van der Waals surface area contributed by atoms with Crippen molar-refractivity contribution < 1.29 is 12.8 Å². The highest BCUT2D eigenvalue weighted by atomic mass is 35.5. The first-order chi connectivity index (χ1) is 14.4. The van der Waals surface area contributed by atoms with Gasteiger partial charge in [0.1, 0.15) is 27.8 Å². The largest absolute Gasteiger partial charge is 0.292 e. The molecule has 0 unspecified atom stereocenters. The Morgan fingerprint density at radius 3 is 2.90 bits per heavy atom. The number of likely N-dealkylation sites (tertiary alicyclic amines) is 1. The molecule has 0 bridgehead atoms. The second-order valence-electron chi connectivity index (χ2n) is 7.24. The van der Waals surface area contributed by atoms with Gasteiger partial charge in [0.25, 0.3) is 0 Å². The van der Waals surface area contributed by atoms with Gasteiger partial charge in [-0.25, -0.2) is 17.8 Å². The van der Waals surface area contributed by atoms with Crippen LogP contribution in [0.4, 0.5) is 4.39 Å². The zero-order valence-corrected chi connectivity index (χ0v) is 18.4. The maximum atomic E-state index is 14.8. The van der Waals surface area contributed by atoms with Gasteiger partial charge in [-0.1, -0.05) is 24.1 Å². The molecule has 1 aliphatic rings. The minimum Gasteiger partial charge on any atom is -0.292 e. The van der Waals surface area contributed by atoms with Crippen molar-refractivity contribution in [2.75, 3.05) is 6.54 Å². The van der Waals surface area contributed by atoms with E-state index in [1.165, 1.54) is 18.5 Å². The van der Waals surface area contributed by atoms with Crippen LogP contribution in [-0.4, -0.2) is 34.2 Å². The normalized spacial score (nSPS) is 17.9. The third-order valence-electron chi connectivity index (χ3n) is 5.21. The first-order valence-electron chi connectivity index (χ1n) is 9.54. The maximum absolute atomic E-state index is 14.8. The predicted molar refractivity (Wildman–Crippen MR) is 113 cm³/mol. The summed E-state index contributed by atoms with van der Waals surface area (Å²) >= 11 is 7.38. The number of halogens is 2. The van der Waals surface area contributed by atoms with Gasteiger partial charge in [0, 0.05) is 30.0 Å². The second kappa shape index (κ2) is 9.05. The highest BCUT2D eigenvalue weighted by molar-refractivity contribution is 7.90. The molecule has 0 saturated carbocycles. The number of rotatable bonds is 6. The summed E-state index contributed by atoms with van der Waals surface area (Å²) in [6, 6.07) is 6.58. The Morgan fingerprint density at radius 1 is 1.30 bits per heavy atom. The van der Waals surface area contributed by atoms with E-state index in [0.717, 1.165) is 42.9 Å². The van der Waals surface area contributed by atoms with E-state index in [4.69, 9.17) is 11.6 Å². The van der Waals surface area contributed by atoms with E-state index >= 15 is 0 Å². The van der Waals surface area contributed by atoms with Crippen LogP contribution in [0.3, 0.4) is 0 Å². The maximum Gasteiger partial charge on any atom is 0.187 e. The van der Waals surface area contributed by atoms with Crippen LogP contribution >= 0.6 is 23.1 Å². The lowest BCUT2D eigenvalue weighted by Crippen LogP contribution is -2.33. The topological polar surface area (TPSA) is 76.1 Å². The Morgan fingerprint density at radius 2 is 2.17 bits per heavy atom. The Bertz CT molecular complexity index is 1110. The van der Waals surface area contributed by atoms with Crippen molar-refractivity contribution in [2.45, 2.75) is 42.5 Å². The summed E-state index contributed by atoms with van der Waals surface area (Å²) < 4.78 is 43.9. The SMILES string of the molecule is O=S(=O)(Cc1ncns1)c1cc(Cl)c(CN2CCCC[C@H]2c2cccnc2)cc1F. The molecule has 1 fully saturated rings. The number of nitrogens with zero attached hydrogens (tertiary/aromatic N) is 4. The molecule has 4 rings (SSSR count). The number of piperidine rings is 1. The van der Waals surface area contributed by atoms with Gasteiger partial charge in [-0.3, -0.25) is 9.88 Å². The van der Waals surface area contributed by atoms with E-state index in [1.807, 2.05) is 18.3 Å². The number of aromatic nitrogens is 3. The summed E-state index contributed by atoms with van der Waals surface area (Å²) in [6.45, 7) is 1.29. The van der Waals surface area contributed by atoms with Crippen molar-refractivity contribution in [3.63, 3.8) is 0 Å². The van der Waals surface area contributed by atoms with E-state index in [2.05, 4.69) is 19.2 Å². The lowest BCUT2D eigenvalue weighted by molar-refractivity contribution is 0.140. The number of sulfone groups is 1. The summed E-state index contributed by atoms with van der Waals surface area (Å²) in [5, 5.41) is 0.546. The molecule has 6 nitrogen and oxygen atoms in total. The monoisotopic (exact) mass is 466 g/mol. The summed E-state index contributed by atoms with van der Waals surface area (Å²) in [6.07, 6.45) is 8.02. The fourth-order valence-electron chi connectivity index (χ4n) is 3.78. The Balaban J connectivity index is 1.58. The molecule has 3 aromatic rings. The third kappa shape index (κ3) is 4.69. The average molecular weight is 467 g/mol. The predicted octanol–water partition coefficient (Wildman–Crippen LogP) is 4.43. The Labute approximate surface area is 183 Å². The number of hydrogen-bond donors (Lipinski definition) is 0. The molecule has 0 aliphatic carbocycles. The molecule has 0 spiro atoms. The van der Waals surface area contributed by atoms with Crippen LogP contribution in [0.2, 0.25) is 5.02 Å². The highest BCUT2D eigenvalue weighted by Gasteiger charge is 2.27. The smallest absolute Gasteiger partial charge is 0.187 e. The zero-order chi connectivity index (χ0) is 21.1. The second-order valence-corrected chi connectivity index (χ2v) is 10.5. The van der Waals surface area contributed by atoms with Gasteiger partial charge in [0.2, 0.25) is 0 Å². The Hall–Kier alpha value is -1.94. The Kier molecular flexibility index (Phi) is 6.43. The van der Waals surface area contributed by atoms with Gasteiger partial charge in [0.05, 0.1) is 0 Å². The van der Waals surface area contributed by atoms with Crippen molar-refractivity contribution in [3.8, 4) is 0 Å². The van der Waals surface area contributed by atoms with Crippen LogP contribution in [0.25, 0.3) is 0 Å². The molecule has 0 amide bonds. The lowest BCUT2D eigenvalue weighted by atomic mass is 9.96. The molecule has 1 atom stereocenters. The number of benzene rings is 1. The van der Waals surface area contributed by atoms with Crippen LogP contribution in [0, 0.1) is 5.82 Å². The van der Waals surface area contributed by atoms with E-state index in [1.54, 1.807) is 6.20 Å². The molecule has 1 aliphatic heterocycles. The summed E-state index contributed by atoms with van der Waals surface area (Å²) in [5.74, 6) is -1.20. The molecule has 1 saturated heterocycles. The molecule has 0 N–H and O–H groups in total. The molecular formula is C20H20ClFN4O2S2. The van der Waals surface area contributed by atoms with Crippen molar-refractivity contribution in [2.24, 2.45) is 0 Å². The first-order valence-corrected chi connectivity index (χ1v) is 12.3. The van der Waals surface area contributed by atoms with Crippen LogP contribution in [-0.2, 0) is 22.1 Å². The fraction of sp³-hybridized carbons (Fsp3) is 0.350. The van der Waals surface area contributed by atoms with E-state index in [9.17, 15) is 12.8 Å². The molecule has 1 aromatic carbocycles. The molecule has 2 aromatic heterocycles. The van der Waals surface area contributed by atoms with Gasteiger partial charge in [-0.15, -0.1) is 0 Å². The molecular weight excluding hydrogens is 447 g/mol.